The first-order valence-electron chi connectivity index (χ1n) is 18.2. The molecule has 0 aliphatic carbocycles. The molecule has 1 aromatic carbocycles. The molecule has 16 nitrogen and oxygen atoms in total. The predicted octanol–water partition coefficient (Wildman–Crippen LogP) is 5.00. The zero-order chi connectivity index (χ0) is 40.8. The van der Waals surface area contributed by atoms with Crippen molar-refractivity contribution in [3.05, 3.63) is 60.7 Å². The van der Waals surface area contributed by atoms with Gasteiger partial charge in [-0.3, -0.25) is 0 Å². The molecule has 0 aliphatic rings. The Labute approximate surface area is 323 Å². The number of unbranched alkanes of at least 4 members (excludes halogenated alkanes) is 3. The number of alkyl carbamates (subject to hydrolysis) is 2. The fraction of sp³-hybridized carbons (Fsp3) is 0.564. The van der Waals surface area contributed by atoms with Crippen LogP contribution in [0.5, 0.6) is 11.5 Å². The molecule has 1 rings (SSSR count). The first-order valence-corrected chi connectivity index (χ1v) is 18.2. The normalized spacial score (nSPS) is 11.6. The van der Waals surface area contributed by atoms with Crippen molar-refractivity contribution in [2.24, 2.45) is 0 Å². The summed E-state index contributed by atoms with van der Waals surface area (Å²) in [6.07, 6.45) is 0.643. The van der Waals surface area contributed by atoms with Crippen LogP contribution in [0, 0.1) is 0 Å². The Morgan fingerprint density at radius 2 is 1.04 bits per heavy atom. The molecule has 2 atom stereocenters. The molecule has 0 heterocycles. The monoisotopic (exact) mass is 778 g/mol. The van der Waals surface area contributed by atoms with E-state index in [0.717, 1.165) is 12.8 Å². The molecule has 308 valence electrons. The summed E-state index contributed by atoms with van der Waals surface area (Å²) < 4.78 is 48.9. The summed E-state index contributed by atoms with van der Waals surface area (Å²) in [5.41, 5.74) is 0.760. The highest BCUT2D eigenvalue weighted by Gasteiger charge is 2.19. The van der Waals surface area contributed by atoms with Gasteiger partial charge < -0.3 is 53.3 Å². The van der Waals surface area contributed by atoms with Gasteiger partial charge in [-0.15, -0.1) is 0 Å². The number of hydrogen-bond donors (Lipinski definition) is 2. The van der Waals surface area contributed by atoms with Gasteiger partial charge in [-0.05, 0) is 58.6 Å². The molecule has 0 fully saturated rings. The maximum atomic E-state index is 12.4. The molecule has 2 amide bonds. The van der Waals surface area contributed by atoms with Gasteiger partial charge in [-0.2, -0.15) is 0 Å². The minimum absolute atomic E-state index is 0.0259. The number of esters is 3. The number of nitrogens with one attached hydrogen (secondary N) is 2. The second-order valence-corrected chi connectivity index (χ2v) is 12.3. The third kappa shape index (κ3) is 24.8. The fourth-order valence-electron chi connectivity index (χ4n) is 3.97. The van der Waals surface area contributed by atoms with E-state index in [4.69, 9.17) is 42.6 Å². The predicted molar refractivity (Wildman–Crippen MR) is 202 cm³/mol. The Bertz CT molecular complexity index is 1380. The number of amides is 2. The SMILES string of the molecule is C=C(C)C(=O)OCCCCCNC(=O)OC(COCCOc1cccc(OCCOCC(COC(=O)C(=C)C)OC(=O)NCCCC)c1)COC(=O)C(=C)C. The van der Waals surface area contributed by atoms with Gasteiger partial charge in [0.25, 0.3) is 0 Å². The number of carbonyl (C=O) groups excluding carboxylic acids is 5. The Balaban J connectivity index is 2.46. The molecule has 0 aromatic heterocycles. The lowest BCUT2D eigenvalue weighted by Gasteiger charge is -2.19. The maximum Gasteiger partial charge on any atom is 0.407 e. The van der Waals surface area contributed by atoms with Crippen molar-refractivity contribution < 1.29 is 66.6 Å². The molecule has 0 saturated carbocycles. The van der Waals surface area contributed by atoms with E-state index in [1.807, 2.05) is 6.92 Å². The third-order valence-electron chi connectivity index (χ3n) is 6.92. The minimum atomic E-state index is -0.889. The maximum absolute atomic E-state index is 12.4. The zero-order valence-electron chi connectivity index (χ0n) is 32.6. The zero-order valence-corrected chi connectivity index (χ0v) is 32.6. The Hall–Kier alpha value is -5.09. The summed E-state index contributed by atoms with van der Waals surface area (Å²) in [4.78, 5) is 59.6. The van der Waals surface area contributed by atoms with Crippen LogP contribution in [0.15, 0.2) is 60.7 Å². The van der Waals surface area contributed by atoms with E-state index in [9.17, 15) is 24.0 Å². The minimum Gasteiger partial charge on any atom is -0.491 e. The molecule has 0 bridgehead atoms. The number of rotatable bonds is 30. The fourth-order valence-corrected chi connectivity index (χ4v) is 3.97. The van der Waals surface area contributed by atoms with E-state index in [0.29, 0.717) is 49.4 Å². The van der Waals surface area contributed by atoms with Gasteiger partial charge in [0.2, 0.25) is 0 Å². The lowest BCUT2D eigenvalue weighted by Crippen LogP contribution is -2.35. The molecule has 16 heteroatoms. The summed E-state index contributed by atoms with van der Waals surface area (Å²) in [6, 6.07) is 6.92. The average Bonchev–Trinajstić information content (AvgIpc) is 3.14. The summed E-state index contributed by atoms with van der Waals surface area (Å²) in [6.45, 7) is 18.4. The summed E-state index contributed by atoms with van der Waals surface area (Å²) >= 11 is 0. The molecule has 2 N–H and O–H groups in total. The van der Waals surface area contributed by atoms with Crippen LogP contribution in [-0.4, -0.2) is 115 Å². The Morgan fingerprint density at radius 1 is 0.582 bits per heavy atom. The van der Waals surface area contributed by atoms with Crippen molar-refractivity contribution >= 4 is 30.1 Å². The quantitative estimate of drug-likeness (QED) is 0.0459. The Morgan fingerprint density at radius 3 is 1.49 bits per heavy atom. The summed E-state index contributed by atoms with van der Waals surface area (Å²) in [7, 11) is 0. The standard InChI is InChI=1S/C39H58N2O14/c1-8-9-16-40-38(45)54-33(26-52-36(43)29(4)5)24-47-19-21-49-31-14-13-15-32(23-31)50-22-20-48-25-34(27-53-37(44)30(6)7)55-39(46)41-17-11-10-12-18-51-35(42)28(2)3/h13-15,23,33-34H,2,4,6,8-12,16-22,24-27H2,1,3,5,7H3,(H,40,45)(H,41,46). The van der Waals surface area contributed by atoms with Gasteiger partial charge in [0.05, 0.1) is 33.0 Å². The average molecular weight is 779 g/mol. The van der Waals surface area contributed by atoms with Crippen molar-refractivity contribution in [2.45, 2.75) is 72.0 Å². The topological polar surface area (TPSA) is 192 Å². The van der Waals surface area contributed by atoms with E-state index in [-0.39, 0.29) is 70.6 Å². The number of carbonyl (C=O) groups is 5. The van der Waals surface area contributed by atoms with Gasteiger partial charge in [0.15, 0.2) is 12.2 Å². The van der Waals surface area contributed by atoms with Crippen molar-refractivity contribution in [3.8, 4) is 11.5 Å². The molecule has 1 aromatic rings. The highest BCUT2D eigenvalue weighted by Crippen LogP contribution is 2.19. The van der Waals surface area contributed by atoms with E-state index < -0.39 is 42.3 Å². The van der Waals surface area contributed by atoms with Crippen LogP contribution >= 0.6 is 0 Å². The van der Waals surface area contributed by atoms with Crippen molar-refractivity contribution in [1.82, 2.24) is 10.6 Å². The van der Waals surface area contributed by atoms with Crippen molar-refractivity contribution in [2.75, 3.05) is 72.6 Å². The van der Waals surface area contributed by atoms with E-state index in [1.165, 1.54) is 13.8 Å². The van der Waals surface area contributed by atoms with Crippen molar-refractivity contribution in [3.63, 3.8) is 0 Å². The highest BCUT2D eigenvalue weighted by molar-refractivity contribution is 5.87. The van der Waals surface area contributed by atoms with Crippen LogP contribution in [0.2, 0.25) is 0 Å². The van der Waals surface area contributed by atoms with Crippen LogP contribution in [0.25, 0.3) is 0 Å². The largest absolute Gasteiger partial charge is 0.491 e. The van der Waals surface area contributed by atoms with Crippen LogP contribution < -0.4 is 20.1 Å². The number of ether oxygens (including phenoxy) is 9. The molecular formula is C39H58N2O14. The van der Waals surface area contributed by atoms with Crippen LogP contribution in [0.3, 0.4) is 0 Å². The van der Waals surface area contributed by atoms with Crippen LogP contribution in [-0.2, 0) is 47.5 Å². The molecule has 55 heavy (non-hydrogen) atoms. The van der Waals surface area contributed by atoms with Gasteiger partial charge in [-0.1, -0.05) is 39.1 Å². The first-order chi connectivity index (χ1) is 26.3. The smallest absolute Gasteiger partial charge is 0.407 e. The molecule has 0 spiro atoms. The lowest BCUT2D eigenvalue weighted by atomic mass is 10.2. The van der Waals surface area contributed by atoms with Gasteiger partial charge in [0, 0.05) is 35.9 Å². The highest BCUT2D eigenvalue weighted by atomic mass is 16.6. The van der Waals surface area contributed by atoms with E-state index in [2.05, 4.69) is 30.4 Å². The van der Waals surface area contributed by atoms with Gasteiger partial charge >= 0.3 is 30.1 Å². The van der Waals surface area contributed by atoms with Crippen LogP contribution in [0.4, 0.5) is 9.59 Å². The Kier molecular flexibility index (Phi) is 25.5. The molecular weight excluding hydrogens is 720 g/mol. The van der Waals surface area contributed by atoms with Crippen molar-refractivity contribution in [1.29, 1.82) is 0 Å². The van der Waals surface area contributed by atoms with Gasteiger partial charge in [-0.25, -0.2) is 24.0 Å². The second-order valence-electron chi connectivity index (χ2n) is 12.3. The number of benzene rings is 1. The number of hydrogen-bond acceptors (Lipinski definition) is 14. The summed E-state index contributed by atoms with van der Waals surface area (Å²) in [5.74, 6) is -0.625. The second kappa shape index (κ2) is 29.3. The third-order valence-corrected chi connectivity index (χ3v) is 6.92. The van der Waals surface area contributed by atoms with Gasteiger partial charge in [0.1, 0.15) is 37.9 Å². The molecule has 0 radical (unpaired) electrons. The first kappa shape index (κ1) is 47.9. The lowest BCUT2D eigenvalue weighted by molar-refractivity contribution is -0.144. The molecule has 2 unspecified atom stereocenters. The van der Waals surface area contributed by atoms with E-state index >= 15 is 0 Å². The van der Waals surface area contributed by atoms with E-state index in [1.54, 1.807) is 31.2 Å². The van der Waals surface area contributed by atoms with Crippen LogP contribution in [0.1, 0.15) is 59.8 Å². The summed E-state index contributed by atoms with van der Waals surface area (Å²) in [5, 5.41) is 5.29. The molecule has 0 aliphatic heterocycles. The molecule has 0 saturated heterocycles.